The Hall–Kier alpha value is -2.09. The third kappa shape index (κ3) is 5.72. The molecule has 26 heavy (non-hydrogen) atoms. The molecule has 0 spiro atoms. The third-order valence-electron chi connectivity index (χ3n) is 3.73. The molecular weight excluding hydrogens is 364 g/mol. The van der Waals surface area contributed by atoms with Crippen LogP contribution < -0.4 is 14.8 Å². The first-order valence-electron chi connectivity index (χ1n) is 8.49. The van der Waals surface area contributed by atoms with Crippen LogP contribution in [0, 0.1) is 0 Å². The number of hydrogen-bond donors (Lipinski definition) is 2. The van der Waals surface area contributed by atoms with Gasteiger partial charge in [0.25, 0.3) is 0 Å². The molecule has 0 saturated carbocycles. The molecule has 2 heterocycles. The molecule has 0 atom stereocenters. The van der Waals surface area contributed by atoms with E-state index in [2.05, 4.69) is 49.7 Å². The summed E-state index contributed by atoms with van der Waals surface area (Å²) in [6.45, 7) is 1.78. The summed E-state index contributed by atoms with van der Waals surface area (Å²) in [4.78, 5) is 5.19. The monoisotopic (exact) mass is 386 g/mol. The Labute approximate surface area is 162 Å². The molecule has 1 aliphatic rings. The number of aryl methyl sites for hydroxylation is 1. The SMILES string of the molecule is CNCc1ccccc1.c1nsc(NSc2ccc3c(c2)OCCC3)n1. The molecule has 0 saturated heterocycles. The van der Waals surface area contributed by atoms with Crippen LogP contribution in [0.5, 0.6) is 5.75 Å². The van der Waals surface area contributed by atoms with E-state index >= 15 is 0 Å². The summed E-state index contributed by atoms with van der Waals surface area (Å²) in [7, 11) is 1.95. The number of nitrogens with zero attached hydrogens (tertiary/aromatic N) is 2. The average molecular weight is 387 g/mol. The number of rotatable bonds is 5. The topological polar surface area (TPSA) is 59.1 Å². The first-order valence-corrected chi connectivity index (χ1v) is 10.1. The second kappa shape index (κ2) is 10.2. The third-order valence-corrected chi connectivity index (χ3v) is 5.22. The largest absolute Gasteiger partial charge is 0.493 e. The van der Waals surface area contributed by atoms with E-state index in [0.29, 0.717) is 0 Å². The molecular formula is C19H22N4OS2. The van der Waals surface area contributed by atoms with Crippen LogP contribution in [0.2, 0.25) is 0 Å². The summed E-state index contributed by atoms with van der Waals surface area (Å²) in [5.74, 6) is 1.01. The second-order valence-electron chi connectivity index (χ2n) is 5.69. The van der Waals surface area contributed by atoms with Crippen molar-refractivity contribution >= 4 is 28.6 Å². The van der Waals surface area contributed by atoms with Gasteiger partial charge in [-0.15, -0.1) is 0 Å². The van der Waals surface area contributed by atoms with E-state index in [-0.39, 0.29) is 0 Å². The van der Waals surface area contributed by atoms with Crippen LogP contribution in [0.1, 0.15) is 17.5 Å². The molecule has 4 rings (SSSR count). The number of anilines is 1. The first kappa shape index (κ1) is 18.7. The average Bonchev–Trinajstić information content (AvgIpc) is 3.22. The second-order valence-corrected chi connectivity index (χ2v) is 7.35. The predicted molar refractivity (Wildman–Crippen MR) is 109 cm³/mol. The maximum Gasteiger partial charge on any atom is 0.212 e. The van der Waals surface area contributed by atoms with Gasteiger partial charge in [0.2, 0.25) is 5.13 Å². The molecule has 1 aliphatic heterocycles. The normalized spacial score (nSPS) is 12.3. The minimum atomic E-state index is 0.814. The van der Waals surface area contributed by atoms with Crippen molar-refractivity contribution < 1.29 is 4.74 Å². The van der Waals surface area contributed by atoms with Crippen molar-refractivity contribution in [3.8, 4) is 5.75 Å². The Balaban J connectivity index is 0.000000185. The van der Waals surface area contributed by atoms with E-state index in [1.165, 1.54) is 34.6 Å². The van der Waals surface area contributed by atoms with Gasteiger partial charge in [0, 0.05) is 23.0 Å². The van der Waals surface area contributed by atoms with Crippen LogP contribution in [0.4, 0.5) is 5.13 Å². The fourth-order valence-corrected chi connectivity index (χ4v) is 3.63. The van der Waals surface area contributed by atoms with Gasteiger partial charge < -0.3 is 14.8 Å². The van der Waals surface area contributed by atoms with Gasteiger partial charge in [-0.25, -0.2) is 4.98 Å². The van der Waals surface area contributed by atoms with Gasteiger partial charge in [-0.3, -0.25) is 0 Å². The number of aromatic nitrogens is 2. The lowest BCUT2D eigenvalue weighted by Gasteiger charge is -2.17. The van der Waals surface area contributed by atoms with Crippen LogP contribution in [0.25, 0.3) is 0 Å². The molecule has 1 aromatic heterocycles. The number of benzene rings is 2. The molecule has 0 amide bonds. The summed E-state index contributed by atoms with van der Waals surface area (Å²) in [6.07, 6.45) is 3.77. The Morgan fingerprint density at radius 1 is 1.19 bits per heavy atom. The molecule has 7 heteroatoms. The van der Waals surface area contributed by atoms with E-state index in [1.54, 1.807) is 6.33 Å². The Morgan fingerprint density at radius 3 is 2.85 bits per heavy atom. The quantitative estimate of drug-likeness (QED) is 0.634. The van der Waals surface area contributed by atoms with E-state index in [0.717, 1.165) is 41.8 Å². The van der Waals surface area contributed by atoms with E-state index < -0.39 is 0 Å². The van der Waals surface area contributed by atoms with E-state index in [9.17, 15) is 0 Å². The number of fused-ring (bicyclic) bond motifs is 1. The minimum Gasteiger partial charge on any atom is -0.493 e. The molecule has 0 fully saturated rings. The van der Waals surface area contributed by atoms with Crippen LogP contribution in [0.15, 0.2) is 59.8 Å². The maximum absolute atomic E-state index is 5.63. The first-order chi connectivity index (χ1) is 12.8. The van der Waals surface area contributed by atoms with Crippen molar-refractivity contribution in [3.05, 3.63) is 66.0 Å². The highest BCUT2D eigenvalue weighted by atomic mass is 32.2. The van der Waals surface area contributed by atoms with E-state index in [4.69, 9.17) is 4.74 Å². The van der Waals surface area contributed by atoms with Gasteiger partial charge in [-0.05, 0) is 55.1 Å². The van der Waals surface area contributed by atoms with Crippen LogP contribution in [-0.2, 0) is 13.0 Å². The zero-order valence-corrected chi connectivity index (χ0v) is 16.3. The van der Waals surface area contributed by atoms with Crippen LogP contribution in [0.3, 0.4) is 0 Å². The van der Waals surface area contributed by atoms with Crippen LogP contribution in [-0.4, -0.2) is 23.0 Å². The fraction of sp³-hybridized carbons (Fsp3) is 0.263. The zero-order valence-electron chi connectivity index (χ0n) is 14.6. The predicted octanol–water partition coefficient (Wildman–Crippen LogP) is 4.39. The van der Waals surface area contributed by atoms with Crippen molar-refractivity contribution in [2.24, 2.45) is 0 Å². The van der Waals surface area contributed by atoms with Crippen molar-refractivity contribution in [1.29, 1.82) is 0 Å². The van der Waals surface area contributed by atoms with Gasteiger partial charge in [-0.2, -0.15) is 4.37 Å². The van der Waals surface area contributed by atoms with Gasteiger partial charge in [-0.1, -0.05) is 36.4 Å². The van der Waals surface area contributed by atoms with Crippen molar-refractivity contribution in [3.63, 3.8) is 0 Å². The lowest BCUT2D eigenvalue weighted by Crippen LogP contribution is -2.08. The van der Waals surface area contributed by atoms with Gasteiger partial charge >= 0.3 is 0 Å². The lowest BCUT2D eigenvalue weighted by molar-refractivity contribution is 0.287. The molecule has 5 nitrogen and oxygen atoms in total. The molecule has 136 valence electrons. The summed E-state index contributed by atoms with van der Waals surface area (Å²) >= 11 is 2.88. The van der Waals surface area contributed by atoms with Crippen LogP contribution >= 0.6 is 23.5 Å². The molecule has 0 radical (unpaired) electrons. The highest BCUT2D eigenvalue weighted by Crippen LogP contribution is 2.30. The highest BCUT2D eigenvalue weighted by molar-refractivity contribution is 8.00. The van der Waals surface area contributed by atoms with Gasteiger partial charge in [0.05, 0.1) is 6.61 Å². The number of hydrogen-bond acceptors (Lipinski definition) is 7. The molecule has 0 aliphatic carbocycles. The minimum absolute atomic E-state index is 0.814. The van der Waals surface area contributed by atoms with Gasteiger partial charge in [0.15, 0.2) is 0 Å². The molecule has 2 N–H and O–H groups in total. The maximum atomic E-state index is 5.63. The fourth-order valence-electron chi connectivity index (χ4n) is 2.50. The number of ether oxygens (including phenoxy) is 1. The zero-order chi connectivity index (χ0) is 18.0. The van der Waals surface area contributed by atoms with Crippen molar-refractivity contribution in [2.75, 3.05) is 18.4 Å². The van der Waals surface area contributed by atoms with Crippen molar-refractivity contribution in [2.45, 2.75) is 24.3 Å². The summed E-state index contributed by atoms with van der Waals surface area (Å²) < 4.78 is 12.7. The smallest absolute Gasteiger partial charge is 0.212 e. The summed E-state index contributed by atoms with van der Waals surface area (Å²) in [5, 5.41) is 3.90. The van der Waals surface area contributed by atoms with Crippen molar-refractivity contribution in [1.82, 2.24) is 14.7 Å². The van der Waals surface area contributed by atoms with Gasteiger partial charge in [0.1, 0.15) is 12.1 Å². The Morgan fingerprint density at radius 2 is 2.08 bits per heavy atom. The summed E-state index contributed by atoms with van der Waals surface area (Å²) in [5.41, 5.74) is 2.64. The molecule has 3 aromatic rings. The molecule has 2 aromatic carbocycles. The Kier molecular flexibility index (Phi) is 7.30. The molecule has 0 bridgehead atoms. The Bertz CT molecular complexity index is 781. The summed E-state index contributed by atoms with van der Waals surface area (Å²) in [6, 6.07) is 16.7. The number of nitrogens with one attached hydrogen (secondary N) is 2. The van der Waals surface area contributed by atoms with E-state index in [1.807, 2.05) is 25.2 Å². The molecule has 0 unspecified atom stereocenters. The lowest BCUT2D eigenvalue weighted by atomic mass is 10.1. The standard InChI is InChI=1S/C11H11N3OS2.C8H11N/c1-2-8-3-4-9(6-10(8)15-5-1)16-14-11-12-7-13-17-11;1-9-7-8-5-3-2-4-6-8/h3-4,6-7H,1-2,5H2,(H,12,13,14);2-6,9H,7H2,1H3. The highest BCUT2D eigenvalue weighted by Gasteiger charge is 2.10.